The largest absolute Gasteiger partial charge is 0.500 e. The Kier molecular flexibility index (Phi) is 5.36. The van der Waals surface area contributed by atoms with Gasteiger partial charge in [0.15, 0.2) is 17.2 Å². The van der Waals surface area contributed by atoms with Crippen molar-refractivity contribution in [3.05, 3.63) is 51.1 Å². The molecule has 1 N–H and O–H groups in total. The standard InChI is InChI=1S/C19H22N2O6/c1-25-16-8-13-4-5-20(11-14(13)9-17(16)26-2)10-12-6-15(21(23)24)19(22)18(7-12)27-3/h6-9,22H,4-5,10-11H2,1-3H3. The highest BCUT2D eigenvalue weighted by molar-refractivity contribution is 5.57. The highest BCUT2D eigenvalue weighted by Gasteiger charge is 2.23. The van der Waals surface area contributed by atoms with E-state index in [1.54, 1.807) is 20.3 Å². The number of hydrogen-bond donors (Lipinski definition) is 1. The van der Waals surface area contributed by atoms with Gasteiger partial charge in [-0.3, -0.25) is 15.0 Å². The van der Waals surface area contributed by atoms with Gasteiger partial charge >= 0.3 is 5.69 Å². The highest BCUT2D eigenvalue weighted by atomic mass is 16.6. The predicted octanol–water partition coefficient (Wildman–Crippen LogP) is 2.88. The zero-order valence-electron chi connectivity index (χ0n) is 15.5. The molecule has 27 heavy (non-hydrogen) atoms. The average Bonchev–Trinajstić information content (AvgIpc) is 2.67. The molecule has 0 spiro atoms. The zero-order chi connectivity index (χ0) is 19.6. The third-order valence-corrected chi connectivity index (χ3v) is 4.73. The molecule has 2 aromatic rings. The van der Waals surface area contributed by atoms with Gasteiger partial charge in [0.25, 0.3) is 0 Å². The van der Waals surface area contributed by atoms with Gasteiger partial charge in [0.2, 0.25) is 5.75 Å². The number of fused-ring (bicyclic) bond motifs is 1. The Morgan fingerprint density at radius 3 is 2.26 bits per heavy atom. The molecule has 3 rings (SSSR count). The third-order valence-electron chi connectivity index (χ3n) is 4.73. The van der Waals surface area contributed by atoms with Crippen molar-refractivity contribution in [3.8, 4) is 23.0 Å². The fraction of sp³-hybridized carbons (Fsp3) is 0.368. The minimum atomic E-state index is -0.607. The second kappa shape index (κ2) is 7.71. The first-order chi connectivity index (χ1) is 13.0. The molecule has 0 amide bonds. The number of nitro benzene ring substituents is 1. The van der Waals surface area contributed by atoms with Gasteiger partial charge < -0.3 is 19.3 Å². The van der Waals surface area contributed by atoms with Crippen LogP contribution in [0.3, 0.4) is 0 Å². The summed E-state index contributed by atoms with van der Waals surface area (Å²) in [4.78, 5) is 12.8. The Morgan fingerprint density at radius 1 is 1.04 bits per heavy atom. The maximum absolute atomic E-state index is 11.2. The topological polar surface area (TPSA) is 94.3 Å². The van der Waals surface area contributed by atoms with E-state index in [2.05, 4.69) is 4.90 Å². The maximum Gasteiger partial charge on any atom is 0.314 e. The SMILES string of the molecule is COc1cc2c(cc1OC)CN(Cc1cc(OC)c(O)c([N+](=O)[O-])c1)CC2. The Bertz CT molecular complexity index is 868. The zero-order valence-corrected chi connectivity index (χ0v) is 15.5. The number of methoxy groups -OCH3 is 3. The van der Waals surface area contributed by atoms with Gasteiger partial charge in [-0.15, -0.1) is 0 Å². The summed E-state index contributed by atoms with van der Waals surface area (Å²) in [7, 11) is 4.59. The first-order valence-corrected chi connectivity index (χ1v) is 8.47. The van der Waals surface area contributed by atoms with E-state index in [9.17, 15) is 15.2 Å². The van der Waals surface area contributed by atoms with Crippen molar-refractivity contribution >= 4 is 5.69 Å². The van der Waals surface area contributed by atoms with Gasteiger partial charge in [-0.2, -0.15) is 0 Å². The fourth-order valence-corrected chi connectivity index (χ4v) is 3.37. The van der Waals surface area contributed by atoms with Gasteiger partial charge in [0.05, 0.1) is 26.3 Å². The Hall–Kier alpha value is -3.00. The Morgan fingerprint density at radius 2 is 1.67 bits per heavy atom. The van der Waals surface area contributed by atoms with E-state index in [-0.39, 0.29) is 11.4 Å². The van der Waals surface area contributed by atoms with Crippen molar-refractivity contribution in [1.82, 2.24) is 4.90 Å². The van der Waals surface area contributed by atoms with Crippen LogP contribution in [0.1, 0.15) is 16.7 Å². The first kappa shape index (κ1) is 18.8. The van der Waals surface area contributed by atoms with Crippen molar-refractivity contribution < 1.29 is 24.2 Å². The van der Waals surface area contributed by atoms with Crippen LogP contribution >= 0.6 is 0 Å². The van der Waals surface area contributed by atoms with Gasteiger partial charge in [-0.1, -0.05) is 0 Å². The van der Waals surface area contributed by atoms with Gasteiger partial charge in [-0.05, 0) is 41.3 Å². The second-order valence-corrected chi connectivity index (χ2v) is 6.36. The highest BCUT2D eigenvalue weighted by Crippen LogP contribution is 2.38. The summed E-state index contributed by atoms with van der Waals surface area (Å²) < 4.78 is 15.8. The van der Waals surface area contributed by atoms with E-state index in [1.807, 2.05) is 12.1 Å². The number of nitrogens with zero attached hydrogens (tertiary/aromatic N) is 2. The summed E-state index contributed by atoms with van der Waals surface area (Å²) in [6.45, 7) is 2.00. The molecule has 1 aliphatic rings. The average molecular weight is 374 g/mol. The van der Waals surface area contributed by atoms with Crippen LogP contribution in [-0.4, -0.2) is 42.8 Å². The molecular formula is C19H22N2O6. The Balaban J connectivity index is 1.84. The summed E-state index contributed by atoms with van der Waals surface area (Å²) >= 11 is 0. The van der Waals surface area contributed by atoms with Gasteiger partial charge in [0, 0.05) is 25.7 Å². The number of phenolic OH excluding ortho intramolecular Hbond substituents is 1. The third kappa shape index (κ3) is 3.75. The molecule has 0 radical (unpaired) electrons. The van der Waals surface area contributed by atoms with E-state index in [1.165, 1.54) is 18.7 Å². The van der Waals surface area contributed by atoms with E-state index in [0.717, 1.165) is 18.5 Å². The number of rotatable bonds is 6. The summed E-state index contributed by atoms with van der Waals surface area (Å²) in [6.07, 6.45) is 0.840. The van der Waals surface area contributed by atoms with Crippen LogP contribution in [0.2, 0.25) is 0 Å². The normalized spacial score (nSPS) is 13.7. The lowest BCUT2D eigenvalue weighted by Crippen LogP contribution is -2.30. The first-order valence-electron chi connectivity index (χ1n) is 8.47. The minimum absolute atomic E-state index is 0.100. The second-order valence-electron chi connectivity index (χ2n) is 6.36. The van der Waals surface area contributed by atoms with Crippen molar-refractivity contribution in [1.29, 1.82) is 0 Å². The van der Waals surface area contributed by atoms with Crippen LogP contribution in [0.25, 0.3) is 0 Å². The molecule has 0 saturated heterocycles. The van der Waals surface area contributed by atoms with Crippen LogP contribution in [0.5, 0.6) is 23.0 Å². The number of aromatic hydroxyl groups is 1. The molecule has 1 heterocycles. The molecule has 8 nitrogen and oxygen atoms in total. The number of benzene rings is 2. The Labute approximate surface area is 157 Å². The molecule has 0 saturated carbocycles. The molecular weight excluding hydrogens is 352 g/mol. The molecule has 2 aromatic carbocycles. The predicted molar refractivity (Wildman–Crippen MR) is 98.7 cm³/mol. The molecule has 8 heteroatoms. The summed E-state index contributed by atoms with van der Waals surface area (Å²) in [5.41, 5.74) is 2.70. The number of phenols is 1. The lowest BCUT2D eigenvalue weighted by molar-refractivity contribution is -0.386. The molecule has 1 aliphatic heterocycles. The van der Waals surface area contributed by atoms with Gasteiger partial charge in [0.1, 0.15) is 0 Å². The molecule has 0 unspecified atom stereocenters. The summed E-state index contributed by atoms with van der Waals surface area (Å²) in [5, 5.41) is 21.1. The molecule has 0 atom stereocenters. The minimum Gasteiger partial charge on any atom is -0.500 e. The number of hydrogen-bond acceptors (Lipinski definition) is 7. The van der Waals surface area contributed by atoms with Crippen molar-refractivity contribution in [2.24, 2.45) is 0 Å². The molecule has 0 aliphatic carbocycles. The lowest BCUT2D eigenvalue weighted by Gasteiger charge is -2.29. The molecule has 144 valence electrons. The van der Waals surface area contributed by atoms with E-state index in [4.69, 9.17) is 14.2 Å². The lowest BCUT2D eigenvalue weighted by atomic mass is 9.98. The van der Waals surface area contributed by atoms with Crippen LogP contribution in [0, 0.1) is 10.1 Å². The molecule has 0 aromatic heterocycles. The smallest absolute Gasteiger partial charge is 0.314 e. The summed E-state index contributed by atoms with van der Waals surface area (Å²) in [5.74, 6) is 1.04. The van der Waals surface area contributed by atoms with Crippen LogP contribution in [0.4, 0.5) is 5.69 Å². The molecule has 0 fully saturated rings. The number of nitro groups is 1. The molecule has 0 bridgehead atoms. The van der Waals surface area contributed by atoms with Crippen molar-refractivity contribution in [2.45, 2.75) is 19.5 Å². The quantitative estimate of drug-likeness (QED) is 0.614. The van der Waals surface area contributed by atoms with Crippen LogP contribution in [0.15, 0.2) is 24.3 Å². The van der Waals surface area contributed by atoms with Gasteiger partial charge in [-0.25, -0.2) is 0 Å². The maximum atomic E-state index is 11.2. The fourth-order valence-electron chi connectivity index (χ4n) is 3.37. The van der Waals surface area contributed by atoms with E-state index in [0.29, 0.717) is 30.2 Å². The van der Waals surface area contributed by atoms with Crippen molar-refractivity contribution in [3.63, 3.8) is 0 Å². The summed E-state index contributed by atoms with van der Waals surface area (Å²) in [6, 6.07) is 6.99. The van der Waals surface area contributed by atoms with E-state index >= 15 is 0 Å². The monoisotopic (exact) mass is 374 g/mol. The number of ether oxygens (including phenoxy) is 3. The van der Waals surface area contributed by atoms with Crippen LogP contribution in [-0.2, 0) is 19.5 Å². The van der Waals surface area contributed by atoms with Crippen LogP contribution < -0.4 is 14.2 Å². The van der Waals surface area contributed by atoms with Crippen molar-refractivity contribution in [2.75, 3.05) is 27.9 Å². The van der Waals surface area contributed by atoms with E-state index < -0.39 is 10.7 Å².